The van der Waals surface area contributed by atoms with Gasteiger partial charge in [0.25, 0.3) is 0 Å². The first-order valence-corrected chi connectivity index (χ1v) is 8.32. The average molecular weight is 361 g/mol. The van der Waals surface area contributed by atoms with Crippen LogP contribution in [0.1, 0.15) is 11.1 Å². The van der Waals surface area contributed by atoms with Gasteiger partial charge in [-0.2, -0.15) is 0 Å². The second-order valence-electron chi connectivity index (χ2n) is 4.81. The SMILES string of the molecule is Cc1ccc2oc(=O)cc(SCc3ccccc3Br)c2c1. The first kappa shape index (κ1) is 14.4. The largest absolute Gasteiger partial charge is 0.423 e. The van der Waals surface area contributed by atoms with Crippen molar-refractivity contribution in [1.29, 1.82) is 0 Å². The van der Waals surface area contributed by atoms with Gasteiger partial charge in [0.05, 0.1) is 0 Å². The van der Waals surface area contributed by atoms with Crippen molar-refractivity contribution in [2.24, 2.45) is 0 Å². The maximum atomic E-state index is 11.7. The molecule has 0 aliphatic rings. The minimum Gasteiger partial charge on any atom is -0.423 e. The van der Waals surface area contributed by atoms with E-state index in [1.54, 1.807) is 17.8 Å². The summed E-state index contributed by atoms with van der Waals surface area (Å²) in [5.74, 6) is 0.800. The smallest absolute Gasteiger partial charge is 0.337 e. The topological polar surface area (TPSA) is 30.2 Å². The Balaban J connectivity index is 1.98. The maximum absolute atomic E-state index is 11.7. The maximum Gasteiger partial charge on any atom is 0.337 e. The van der Waals surface area contributed by atoms with Crippen molar-refractivity contribution in [1.82, 2.24) is 0 Å². The van der Waals surface area contributed by atoms with Crippen molar-refractivity contribution in [3.05, 3.63) is 74.6 Å². The van der Waals surface area contributed by atoms with E-state index in [1.807, 2.05) is 37.3 Å². The standard InChI is InChI=1S/C17H13BrO2S/c1-11-6-7-15-13(8-11)16(9-17(19)20-15)21-10-12-4-2-3-5-14(12)18/h2-9H,10H2,1H3. The second kappa shape index (κ2) is 6.08. The molecular formula is C17H13BrO2S. The van der Waals surface area contributed by atoms with Crippen molar-refractivity contribution in [3.8, 4) is 0 Å². The minimum atomic E-state index is -0.305. The summed E-state index contributed by atoms with van der Waals surface area (Å²) < 4.78 is 6.34. The van der Waals surface area contributed by atoms with Crippen LogP contribution in [0.5, 0.6) is 0 Å². The molecule has 0 unspecified atom stereocenters. The molecular weight excluding hydrogens is 348 g/mol. The van der Waals surface area contributed by atoms with Gasteiger partial charge in [0.1, 0.15) is 5.58 Å². The average Bonchev–Trinajstić information content (AvgIpc) is 2.47. The molecule has 0 atom stereocenters. The van der Waals surface area contributed by atoms with Gasteiger partial charge in [0.15, 0.2) is 0 Å². The van der Waals surface area contributed by atoms with Crippen molar-refractivity contribution in [2.75, 3.05) is 0 Å². The van der Waals surface area contributed by atoms with Gasteiger partial charge in [-0.1, -0.05) is 45.8 Å². The zero-order valence-corrected chi connectivity index (χ0v) is 13.8. The highest BCUT2D eigenvalue weighted by atomic mass is 79.9. The summed E-state index contributed by atoms with van der Waals surface area (Å²) in [4.78, 5) is 12.6. The molecule has 0 saturated heterocycles. The number of benzene rings is 2. The number of fused-ring (bicyclic) bond motifs is 1. The van der Waals surface area contributed by atoms with Crippen LogP contribution in [0.2, 0.25) is 0 Å². The summed E-state index contributed by atoms with van der Waals surface area (Å²) in [6, 6.07) is 15.6. The Labute approximate surface area is 135 Å². The first-order chi connectivity index (χ1) is 10.1. The molecule has 0 spiro atoms. The fourth-order valence-corrected chi connectivity index (χ4v) is 3.81. The van der Waals surface area contributed by atoms with E-state index in [4.69, 9.17) is 4.42 Å². The van der Waals surface area contributed by atoms with Gasteiger partial charge >= 0.3 is 5.63 Å². The molecule has 3 aromatic rings. The molecule has 21 heavy (non-hydrogen) atoms. The number of rotatable bonds is 3. The Morgan fingerprint density at radius 3 is 2.76 bits per heavy atom. The van der Waals surface area contributed by atoms with Gasteiger partial charge in [-0.3, -0.25) is 0 Å². The Morgan fingerprint density at radius 2 is 1.95 bits per heavy atom. The van der Waals surface area contributed by atoms with Crippen molar-refractivity contribution < 1.29 is 4.42 Å². The molecule has 2 nitrogen and oxygen atoms in total. The van der Waals surface area contributed by atoms with E-state index in [0.717, 1.165) is 26.1 Å². The van der Waals surface area contributed by atoms with Crippen LogP contribution in [0.3, 0.4) is 0 Å². The van der Waals surface area contributed by atoms with Crippen LogP contribution in [0.15, 0.2) is 67.1 Å². The van der Waals surface area contributed by atoms with Crippen LogP contribution < -0.4 is 5.63 Å². The fourth-order valence-electron chi connectivity index (χ4n) is 2.14. The summed E-state index contributed by atoms with van der Waals surface area (Å²) in [6.45, 7) is 2.03. The molecule has 0 N–H and O–H groups in total. The number of hydrogen-bond acceptors (Lipinski definition) is 3. The molecule has 0 aliphatic carbocycles. The lowest BCUT2D eigenvalue weighted by Gasteiger charge is -2.07. The molecule has 1 aromatic heterocycles. The molecule has 106 valence electrons. The van der Waals surface area contributed by atoms with Crippen LogP contribution in [-0.2, 0) is 5.75 Å². The van der Waals surface area contributed by atoms with E-state index < -0.39 is 0 Å². The quantitative estimate of drug-likeness (QED) is 0.477. The monoisotopic (exact) mass is 360 g/mol. The van der Waals surface area contributed by atoms with E-state index in [2.05, 4.69) is 28.1 Å². The number of thioether (sulfide) groups is 1. The number of halogens is 1. The predicted octanol–water partition coefficient (Wildman–Crippen LogP) is 5.16. The summed E-state index contributed by atoms with van der Waals surface area (Å²) in [5.41, 5.74) is 2.69. The lowest BCUT2D eigenvalue weighted by molar-refractivity contribution is 0.557. The summed E-state index contributed by atoms with van der Waals surface area (Å²) in [7, 11) is 0. The highest BCUT2D eigenvalue weighted by molar-refractivity contribution is 9.10. The number of hydrogen-bond donors (Lipinski definition) is 0. The molecule has 1 heterocycles. The zero-order chi connectivity index (χ0) is 14.8. The summed E-state index contributed by atoms with van der Waals surface area (Å²) in [5, 5.41) is 0.992. The third-order valence-electron chi connectivity index (χ3n) is 3.20. The van der Waals surface area contributed by atoms with Gasteiger partial charge < -0.3 is 4.42 Å². The number of aryl methyl sites for hydroxylation is 1. The molecule has 0 radical (unpaired) electrons. The van der Waals surface area contributed by atoms with Gasteiger partial charge in [-0.05, 0) is 30.7 Å². The van der Waals surface area contributed by atoms with Gasteiger partial charge in [-0.25, -0.2) is 4.79 Å². The molecule has 0 fully saturated rings. The van der Waals surface area contributed by atoms with Crippen LogP contribution in [0.4, 0.5) is 0 Å². The highest BCUT2D eigenvalue weighted by Gasteiger charge is 2.08. The van der Waals surface area contributed by atoms with Gasteiger partial charge in [0.2, 0.25) is 0 Å². The fraction of sp³-hybridized carbons (Fsp3) is 0.118. The van der Waals surface area contributed by atoms with E-state index in [1.165, 1.54) is 5.56 Å². The molecule has 0 bridgehead atoms. The van der Waals surface area contributed by atoms with Crippen LogP contribution in [0, 0.1) is 6.92 Å². The summed E-state index contributed by atoms with van der Waals surface area (Å²) >= 11 is 5.20. The van der Waals surface area contributed by atoms with E-state index in [-0.39, 0.29) is 5.63 Å². The van der Waals surface area contributed by atoms with Gasteiger partial charge in [0, 0.05) is 26.6 Å². The lowest BCUT2D eigenvalue weighted by Crippen LogP contribution is -1.97. The normalized spacial score (nSPS) is 11.0. The molecule has 3 rings (SSSR count). The van der Waals surface area contributed by atoms with Crippen LogP contribution >= 0.6 is 27.7 Å². The first-order valence-electron chi connectivity index (χ1n) is 6.54. The Kier molecular flexibility index (Phi) is 4.17. The van der Waals surface area contributed by atoms with Crippen molar-refractivity contribution in [2.45, 2.75) is 17.6 Å². The van der Waals surface area contributed by atoms with Crippen LogP contribution in [0.25, 0.3) is 11.0 Å². The molecule has 0 aliphatic heterocycles. The molecule has 0 amide bonds. The third-order valence-corrected chi connectivity index (χ3v) is 5.08. The van der Waals surface area contributed by atoms with E-state index in [0.29, 0.717) is 5.58 Å². The van der Waals surface area contributed by atoms with E-state index >= 15 is 0 Å². The highest BCUT2D eigenvalue weighted by Crippen LogP contribution is 2.31. The van der Waals surface area contributed by atoms with Crippen LogP contribution in [-0.4, -0.2) is 0 Å². The Bertz CT molecular complexity index is 855. The Morgan fingerprint density at radius 1 is 1.14 bits per heavy atom. The second-order valence-corrected chi connectivity index (χ2v) is 6.68. The minimum absolute atomic E-state index is 0.305. The summed E-state index contributed by atoms with van der Waals surface area (Å²) in [6.07, 6.45) is 0. The molecule has 0 saturated carbocycles. The van der Waals surface area contributed by atoms with Crippen molar-refractivity contribution in [3.63, 3.8) is 0 Å². The van der Waals surface area contributed by atoms with Crippen molar-refractivity contribution >= 4 is 38.7 Å². The molecule has 4 heteroatoms. The zero-order valence-electron chi connectivity index (χ0n) is 11.4. The predicted molar refractivity (Wildman–Crippen MR) is 90.9 cm³/mol. The Hall–Kier alpha value is -1.52. The van der Waals surface area contributed by atoms with E-state index in [9.17, 15) is 4.79 Å². The lowest BCUT2D eigenvalue weighted by atomic mass is 10.2. The van der Waals surface area contributed by atoms with Gasteiger partial charge in [-0.15, -0.1) is 11.8 Å². The third kappa shape index (κ3) is 3.22. The molecule has 2 aromatic carbocycles.